The third-order valence-electron chi connectivity index (χ3n) is 4.76. The van der Waals surface area contributed by atoms with Crippen LogP contribution in [0, 0.1) is 6.92 Å². The Balaban J connectivity index is 2.06. The summed E-state index contributed by atoms with van der Waals surface area (Å²) in [5.74, 6) is 0. The monoisotopic (exact) mass is 374 g/mol. The van der Waals surface area contributed by atoms with Crippen molar-refractivity contribution in [3.8, 4) is 5.69 Å². The standard InChI is InChI=1S/C21H24Cl2N2/c1-3-4-5-6-7-12-18-17-11-9-8-10-16(17)13-15(2)19(18)25-14-24-20(22)21(25)23/h8-11,13-14H,3-7,12H2,1-2H3. The van der Waals surface area contributed by atoms with Gasteiger partial charge in [0, 0.05) is 0 Å². The molecule has 132 valence electrons. The van der Waals surface area contributed by atoms with Crippen LogP contribution >= 0.6 is 23.2 Å². The summed E-state index contributed by atoms with van der Waals surface area (Å²) < 4.78 is 1.92. The zero-order valence-corrected chi connectivity index (χ0v) is 16.4. The number of nitrogens with zero attached hydrogens (tertiary/aromatic N) is 2. The fourth-order valence-corrected chi connectivity index (χ4v) is 3.84. The predicted molar refractivity (Wildman–Crippen MR) is 108 cm³/mol. The molecule has 2 nitrogen and oxygen atoms in total. The van der Waals surface area contributed by atoms with Gasteiger partial charge >= 0.3 is 0 Å². The van der Waals surface area contributed by atoms with Gasteiger partial charge in [-0.05, 0) is 47.7 Å². The number of benzene rings is 2. The van der Waals surface area contributed by atoms with Crippen LogP contribution in [-0.4, -0.2) is 9.55 Å². The lowest BCUT2D eigenvalue weighted by Gasteiger charge is -2.18. The molecule has 3 rings (SSSR count). The number of aromatic nitrogens is 2. The minimum Gasteiger partial charge on any atom is -0.288 e. The van der Waals surface area contributed by atoms with E-state index in [1.807, 2.05) is 4.57 Å². The van der Waals surface area contributed by atoms with Crippen LogP contribution in [0.3, 0.4) is 0 Å². The summed E-state index contributed by atoms with van der Waals surface area (Å²) in [7, 11) is 0. The first-order valence-corrected chi connectivity index (χ1v) is 9.79. The van der Waals surface area contributed by atoms with Crippen LogP contribution in [0.5, 0.6) is 0 Å². The Hall–Kier alpha value is -1.51. The van der Waals surface area contributed by atoms with Crippen molar-refractivity contribution in [3.05, 3.63) is 58.1 Å². The number of imidazole rings is 1. The lowest BCUT2D eigenvalue weighted by atomic mass is 9.94. The van der Waals surface area contributed by atoms with Gasteiger partial charge in [0.25, 0.3) is 0 Å². The van der Waals surface area contributed by atoms with E-state index in [1.165, 1.54) is 54.0 Å². The van der Waals surface area contributed by atoms with Crippen molar-refractivity contribution in [1.82, 2.24) is 9.55 Å². The molecule has 2 aromatic carbocycles. The van der Waals surface area contributed by atoms with E-state index >= 15 is 0 Å². The minimum atomic E-state index is 0.350. The van der Waals surface area contributed by atoms with Gasteiger partial charge in [0.2, 0.25) is 0 Å². The van der Waals surface area contributed by atoms with Crippen molar-refractivity contribution in [1.29, 1.82) is 0 Å². The van der Waals surface area contributed by atoms with Crippen LogP contribution in [0.1, 0.15) is 50.2 Å². The average molecular weight is 375 g/mol. The molecule has 0 aliphatic heterocycles. The normalized spacial score (nSPS) is 11.4. The summed E-state index contributed by atoms with van der Waals surface area (Å²) in [6, 6.07) is 10.8. The van der Waals surface area contributed by atoms with E-state index in [-0.39, 0.29) is 0 Å². The number of rotatable bonds is 7. The SMILES string of the molecule is CCCCCCCc1c(-n2cnc(Cl)c2Cl)c(C)cc2ccccc12. The van der Waals surface area contributed by atoms with Crippen molar-refractivity contribution in [2.75, 3.05) is 0 Å². The van der Waals surface area contributed by atoms with E-state index in [9.17, 15) is 0 Å². The van der Waals surface area contributed by atoms with Gasteiger partial charge in [-0.3, -0.25) is 4.57 Å². The third-order valence-corrected chi connectivity index (χ3v) is 5.49. The average Bonchev–Trinajstić information content (AvgIpc) is 2.93. The van der Waals surface area contributed by atoms with Crippen molar-refractivity contribution in [2.45, 2.75) is 52.4 Å². The van der Waals surface area contributed by atoms with E-state index in [0.29, 0.717) is 10.3 Å². The Labute approximate surface area is 159 Å². The van der Waals surface area contributed by atoms with Gasteiger partial charge in [-0.25, -0.2) is 4.98 Å². The zero-order valence-electron chi connectivity index (χ0n) is 14.9. The summed E-state index contributed by atoms with van der Waals surface area (Å²) in [4.78, 5) is 4.17. The van der Waals surface area contributed by atoms with Crippen molar-refractivity contribution < 1.29 is 0 Å². The second-order valence-corrected chi connectivity index (χ2v) is 7.32. The van der Waals surface area contributed by atoms with Crippen LogP contribution in [0.4, 0.5) is 0 Å². The molecular weight excluding hydrogens is 351 g/mol. The number of unbranched alkanes of at least 4 members (excludes halogenated alkanes) is 4. The molecule has 0 amide bonds. The number of hydrogen-bond donors (Lipinski definition) is 0. The lowest BCUT2D eigenvalue weighted by Crippen LogP contribution is -2.03. The largest absolute Gasteiger partial charge is 0.288 e. The third kappa shape index (κ3) is 3.86. The predicted octanol–water partition coefficient (Wildman–Crippen LogP) is 7.15. The van der Waals surface area contributed by atoms with Gasteiger partial charge in [0.1, 0.15) is 6.33 Å². The molecule has 0 atom stereocenters. The van der Waals surface area contributed by atoms with Crippen LogP contribution in [0.25, 0.3) is 16.5 Å². The van der Waals surface area contributed by atoms with Gasteiger partial charge in [-0.2, -0.15) is 0 Å². The Morgan fingerprint density at radius 3 is 2.52 bits per heavy atom. The molecule has 0 bridgehead atoms. The van der Waals surface area contributed by atoms with E-state index in [4.69, 9.17) is 23.2 Å². The number of halogens is 2. The van der Waals surface area contributed by atoms with Gasteiger partial charge in [-0.15, -0.1) is 0 Å². The van der Waals surface area contributed by atoms with E-state index < -0.39 is 0 Å². The van der Waals surface area contributed by atoms with Gasteiger partial charge in [0.15, 0.2) is 10.3 Å². The maximum absolute atomic E-state index is 6.41. The summed E-state index contributed by atoms with van der Waals surface area (Å²) in [5, 5.41) is 3.39. The van der Waals surface area contributed by atoms with Gasteiger partial charge in [0.05, 0.1) is 5.69 Å². The van der Waals surface area contributed by atoms with Crippen molar-refractivity contribution >= 4 is 34.0 Å². The summed E-state index contributed by atoms with van der Waals surface area (Å²) in [5.41, 5.74) is 3.65. The summed E-state index contributed by atoms with van der Waals surface area (Å²) >= 11 is 12.5. The number of hydrogen-bond acceptors (Lipinski definition) is 1. The molecular formula is C21H24Cl2N2. The molecule has 3 aromatic rings. The molecule has 0 saturated heterocycles. The Kier molecular flexibility index (Phi) is 6.03. The smallest absolute Gasteiger partial charge is 0.166 e. The molecule has 0 spiro atoms. The first-order valence-electron chi connectivity index (χ1n) is 9.03. The fourth-order valence-electron chi connectivity index (χ4n) is 3.53. The van der Waals surface area contributed by atoms with E-state index in [0.717, 1.165) is 12.1 Å². The molecule has 0 N–H and O–H groups in total. The van der Waals surface area contributed by atoms with E-state index in [1.54, 1.807) is 6.33 Å². The second kappa shape index (κ2) is 8.25. The molecule has 0 fully saturated rings. The molecule has 4 heteroatoms. The summed E-state index contributed by atoms with van der Waals surface area (Å²) in [6.07, 6.45) is 9.07. The molecule has 1 aromatic heterocycles. The summed E-state index contributed by atoms with van der Waals surface area (Å²) in [6.45, 7) is 4.38. The lowest BCUT2D eigenvalue weighted by molar-refractivity contribution is 0.632. The van der Waals surface area contributed by atoms with Crippen LogP contribution < -0.4 is 0 Å². The molecule has 1 heterocycles. The number of fused-ring (bicyclic) bond motifs is 1. The highest BCUT2D eigenvalue weighted by Gasteiger charge is 2.16. The zero-order chi connectivity index (χ0) is 17.8. The van der Waals surface area contributed by atoms with Gasteiger partial charge in [-0.1, -0.05) is 80.1 Å². The Bertz CT molecular complexity index is 868. The highest BCUT2D eigenvalue weighted by molar-refractivity contribution is 6.40. The minimum absolute atomic E-state index is 0.350. The molecule has 0 aliphatic rings. The first-order chi connectivity index (χ1) is 12.1. The molecule has 25 heavy (non-hydrogen) atoms. The second-order valence-electron chi connectivity index (χ2n) is 6.60. The first kappa shape index (κ1) is 18.3. The van der Waals surface area contributed by atoms with Crippen LogP contribution in [0.15, 0.2) is 36.7 Å². The quantitative estimate of drug-likeness (QED) is 0.401. The van der Waals surface area contributed by atoms with E-state index in [2.05, 4.69) is 49.2 Å². The topological polar surface area (TPSA) is 17.8 Å². The van der Waals surface area contributed by atoms with Crippen LogP contribution in [-0.2, 0) is 6.42 Å². The van der Waals surface area contributed by atoms with Crippen LogP contribution in [0.2, 0.25) is 10.3 Å². The van der Waals surface area contributed by atoms with Crippen molar-refractivity contribution in [3.63, 3.8) is 0 Å². The maximum atomic E-state index is 6.41. The Morgan fingerprint density at radius 1 is 1.04 bits per heavy atom. The number of aryl methyl sites for hydroxylation is 2. The molecule has 0 unspecified atom stereocenters. The highest BCUT2D eigenvalue weighted by Crippen LogP contribution is 2.33. The Morgan fingerprint density at radius 2 is 1.80 bits per heavy atom. The van der Waals surface area contributed by atoms with Crippen molar-refractivity contribution in [2.24, 2.45) is 0 Å². The van der Waals surface area contributed by atoms with Gasteiger partial charge < -0.3 is 0 Å². The molecule has 0 saturated carbocycles. The molecule has 0 radical (unpaired) electrons. The fraction of sp³-hybridized carbons (Fsp3) is 0.381. The molecule has 0 aliphatic carbocycles. The maximum Gasteiger partial charge on any atom is 0.166 e. The highest BCUT2D eigenvalue weighted by atomic mass is 35.5.